The molecule has 5 nitrogen and oxygen atoms in total. The number of rotatable bonds is 6. The van der Waals surface area contributed by atoms with Crippen LogP contribution in [-0.4, -0.2) is 17.3 Å². The maximum absolute atomic E-state index is 5.80. The summed E-state index contributed by atoms with van der Waals surface area (Å²) < 4.78 is 16.3. The van der Waals surface area contributed by atoms with Crippen LogP contribution in [-0.2, 0) is 6.61 Å². The molecule has 0 spiro atoms. The van der Waals surface area contributed by atoms with E-state index in [1.165, 1.54) is 37.7 Å². The third kappa shape index (κ3) is 4.30. The van der Waals surface area contributed by atoms with Gasteiger partial charge in [0, 0.05) is 5.56 Å². The summed E-state index contributed by atoms with van der Waals surface area (Å²) in [6.07, 6.45) is 6.67. The summed E-state index contributed by atoms with van der Waals surface area (Å²) in [7, 11) is 1.64. The largest absolute Gasteiger partial charge is 0.497 e. The van der Waals surface area contributed by atoms with Crippen molar-refractivity contribution < 1.29 is 14.0 Å². The SMILES string of the molecule is COc1ccc(-c2noc(COc3ccc(C4CCCCC4)cc3)n2)cc1. The normalized spacial score (nSPS) is 14.9. The number of ether oxygens (including phenoxy) is 2. The molecule has 1 heterocycles. The Labute approximate surface area is 159 Å². The third-order valence-electron chi connectivity index (χ3n) is 5.14. The molecule has 0 unspecified atom stereocenters. The van der Waals surface area contributed by atoms with E-state index in [9.17, 15) is 0 Å². The highest BCUT2D eigenvalue weighted by atomic mass is 16.5. The van der Waals surface area contributed by atoms with E-state index in [1.807, 2.05) is 36.4 Å². The summed E-state index contributed by atoms with van der Waals surface area (Å²) in [5.41, 5.74) is 2.30. The first-order valence-electron chi connectivity index (χ1n) is 9.51. The van der Waals surface area contributed by atoms with Gasteiger partial charge in [0.1, 0.15) is 11.5 Å². The molecule has 3 aromatic rings. The number of hydrogen-bond acceptors (Lipinski definition) is 5. The fraction of sp³-hybridized carbons (Fsp3) is 0.364. The highest BCUT2D eigenvalue weighted by Crippen LogP contribution is 2.33. The first-order valence-corrected chi connectivity index (χ1v) is 9.51. The van der Waals surface area contributed by atoms with Crippen LogP contribution in [0.5, 0.6) is 11.5 Å². The number of benzene rings is 2. The number of hydrogen-bond donors (Lipinski definition) is 0. The summed E-state index contributed by atoms with van der Waals surface area (Å²) in [4.78, 5) is 4.40. The Morgan fingerprint density at radius 3 is 2.33 bits per heavy atom. The van der Waals surface area contributed by atoms with Crippen LogP contribution in [0.2, 0.25) is 0 Å². The van der Waals surface area contributed by atoms with Gasteiger partial charge in [-0.15, -0.1) is 0 Å². The Hall–Kier alpha value is -2.82. The van der Waals surface area contributed by atoms with Crippen LogP contribution in [0.25, 0.3) is 11.4 Å². The van der Waals surface area contributed by atoms with Gasteiger partial charge in [-0.05, 0) is 60.7 Å². The predicted molar refractivity (Wildman–Crippen MR) is 103 cm³/mol. The van der Waals surface area contributed by atoms with Gasteiger partial charge in [-0.1, -0.05) is 36.6 Å². The lowest BCUT2D eigenvalue weighted by Gasteiger charge is -2.22. The summed E-state index contributed by atoms with van der Waals surface area (Å²) in [5.74, 6) is 3.32. The smallest absolute Gasteiger partial charge is 0.264 e. The zero-order valence-electron chi connectivity index (χ0n) is 15.6. The van der Waals surface area contributed by atoms with Gasteiger partial charge in [0.2, 0.25) is 5.82 Å². The zero-order chi connectivity index (χ0) is 18.5. The van der Waals surface area contributed by atoms with Gasteiger partial charge in [-0.2, -0.15) is 4.98 Å². The van der Waals surface area contributed by atoms with E-state index in [4.69, 9.17) is 14.0 Å². The minimum atomic E-state index is 0.256. The second kappa shape index (κ2) is 8.25. The average Bonchev–Trinajstić information content (AvgIpc) is 3.22. The van der Waals surface area contributed by atoms with Gasteiger partial charge in [-0.3, -0.25) is 0 Å². The monoisotopic (exact) mass is 364 g/mol. The van der Waals surface area contributed by atoms with Crippen molar-refractivity contribution in [3.8, 4) is 22.9 Å². The molecule has 5 heteroatoms. The van der Waals surface area contributed by atoms with Crippen molar-refractivity contribution >= 4 is 0 Å². The quantitative estimate of drug-likeness (QED) is 0.588. The highest BCUT2D eigenvalue weighted by molar-refractivity contribution is 5.55. The van der Waals surface area contributed by atoms with Crippen LogP contribution >= 0.6 is 0 Å². The van der Waals surface area contributed by atoms with E-state index in [-0.39, 0.29) is 6.61 Å². The van der Waals surface area contributed by atoms with Gasteiger partial charge in [0.05, 0.1) is 7.11 Å². The van der Waals surface area contributed by atoms with Gasteiger partial charge >= 0.3 is 0 Å². The summed E-state index contributed by atoms with van der Waals surface area (Å²) in [5, 5.41) is 4.02. The molecule has 0 N–H and O–H groups in total. The first kappa shape index (κ1) is 17.6. The van der Waals surface area contributed by atoms with E-state index in [2.05, 4.69) is 22.3 Å². The van der Waals surface area contributed by atoms with Crippen molar-refractivity contribution in [2.45, 2.75) is 44.6 Å². The van der Waals surface area contributed by atoms with Crippen LogP contribution in [0.15, 0.2) is 53.1 Å². The molecule has 0 radical (unpaired) electrons. The highest BCUT2D eigenvalue weighted by Gasteiger charge is 2.15. The second-order valence-corrected chi connectivity index (χ2v) is 6.93. The Bertz CT molecular complexity index is 850. The van der Waals surface area contributed by atoms with E-state index < -0.39 is 0 Å². The topological polar surface area (TPSA) is 57.4 Å². The standard InChI is InChI=1S/C22H24N2O3/c1-25-19-11-9-18(10-12-19)22-23-21(27-24-22)15-26-20-13-7-17(8-14-20)16-5-3-2-4-6-16/h7-14,16H,2-6,15H2,1H3. The number of aromatic nitrogens is 2. The minimum Gasteiger partial charge on any atom is -0.497 e. The molecule has 1 saturated carbocycles. The Balaban J connectivity index is 1.35. The fourth-order valence-corrected chi connectivity index (χ4v) is 3.59. The molecule has 1 aliphatic carbocycles. The maximum Gasteiger partial charge on any atom is 0.264 e. The number of methoxy groups -OCH3 is 1. The lowest BCUT2D eigenvalue weighted by atomic mass is 9.84. The van der Waals surface area contributed by atoms with Crippen LogP contribution in [0.1, 0.15) is 49.5 Å². The molecule has 1 aliphatic rings. The molecular weight excluding hydrogens is 340 g/mol. The number of nitrogens with zero attached hydrogens (tertiary/aromatic N) is 2. The molecule has 1 aromatic heterocycles. The minimum absolute atomic E-state index is 0.256. The molecule has 2 aromatic carbocycles. The maximum atomic E-state index is 5.80. The average molecular weight is 364 g/mol. The van der Waals surface area contributed by atoms with Gasteiger partial charge in [0.15, 0.2) is 6.61 Å². The summed E-state index contributed by atoms with van der Waals surface area (Å²) in [6.45, 7) is 0.256. The molecule has 4 rings (SSSR count). The van der Waals surface area contributed by atoms with E-state index in [0.29, 0.717) is 17.6 Å². The first-order chi connectivity index (χ1) is 13.3. The molecular formula is C22H24N2O3. The van der Waals surface area contributed by atoms with E-state index >= 15 is 0 Å². The molecule has 0 amide bonds. The summed E-state index contributed by atoms with van der Waals surface area (Å²) >= 11 is 0. The van der Waals surface area contributed by atoms with Crippen molar-refractivity contribution in [3.63, 3.8) is 0 Å². The lowest BCUT2D eigenvalue weighted by molar-refractivity contribution is 0.243. The van der Waals surface area contributed by atoms with Crippen LogP contribution in [0, 0.1) is 0 Å². The van der Waals surface area contributed by atoms with Crippen molar-refractivity contribution in [1.82, 2.24) is 10.1 Å². The molecule has 27 heavy (non-hydrogen) atoms. The molecule has 0 bridgehead atoms. The molecule has 0 atom stereocenters. The van der Waals surface area contributed by atoms with E-state index in [0.717, 1.165) is 17.1 Å². The molecule has 0 aliphatic heterocycles. The van der Waals surface area contributed by atoms with Gasteiger partial charge in [0.25, 0.3) is 5.89 Å². The van der Waals surface area contributed by atoms with Crippen LogP contribution in [0.4, 0.5) is 0 Å². The Kier molecular flexibility index (Phi) is 5.37. The fourth-order valence-electron chi connectivity index (χ4n) is 3.59. The van der Waals surface area contributed by atoms with Crippen molar-refractivity contribution in [2.75, 3.05) is 7.11 Å². The third-order valence-corrected chi connectivity index (χ3v) is 5.14. The predicted octanol–water partition coefficient (Wildman–Crippen LogP) is 5.37. The molecule has 1 fully saturated rings. The zero-order valence-corrected chi connectivity index (χ0v) is 15.6. The lowest BCUT2D eigenvalue weighted by Crippen LogP contribution is -2.04. The molecule has 140 valence electrons. The second-order valence-electron chi connectivity index (χ2n) is 6.93. The van der Waals surface area contributed by atoms with Gasteiger partial charge in [-0.25, -0.2) is 0 Å². The van der Waals surface area contributed by atoms with Crippen molar-refractivity contribution in [2.24, 2.45) is 0 Å². The summed E-state index contributed by atoms with van der Waals surface area (Å²) in [6, 6.07) is 16.0. The van der Waals surface area contributed by atoms with Crippen molar-refractivity contribution in [1.29, 1.82) is 0 Å². The van der Waals surface area contributed by atoms with E-state index in [1.54, 1.807) is 7.11 Å². The molecule has 0 saturated heterocycles. The van der Waals surface area contributed by atoms with Crippen LogP contribution < -0.4 is 9.47 Å². The van der Waals surface area contributed by atoms with Gasteiger partial charge < -0.3 is 14.0 Å². The van der Waals surface area contributed by atoms with Crippen molar-refractivity contribution in [3.05, 3.63) is 60.0 Å². The Morgan fingerprint density at radius 1 is 0.926 bits per heavy atom. The Morgan fingerprint density at radius 2 is 1.63 bits per heavy atom. The van der Waals surface area contributed by atoms with Crippen LogP contribution in [0.3, 0.4) is 0 Å².